The Morgan fingerprint density at radius 3 is 1.85 bits per heavy atom. The fourth-order valence-electron chi connectivity index (χ4n) is 7.31. The second kappa shape index (κ2) is 12.6. The lowest BCUT2D eigenvalue weighted by Gasteiger charge is -2.40. The van der Waals surface area contributed by atoms with Crippen LogP contribution in [-0.4, -0.2) is 24.9 Å². The van der Waals surface area contributed by atoms with E-state index in [4.69, 9.17) is 0 Å². The highest BCUT2D eigenvalue weighted by molar-refractivity contribution is 7.11. The van der Waals surface area contributed by atoms with Gasteiger partial charge in [-0.3, -0.25) is 0 Å². The van der Waals surface area contributed by atoms with Gasteiger partial charge < -0.3 is 0 Å². The summed E-state index contributed by atoms with van der Waals surface area (Å²) >= 11 is 0. The molecule has 0 aliphatic rings. The SMILES string of the molecule is C=C(c1ccccc1)c1ccc([Si](C)(c2ccc([Si](C)C)cc2)c2cccc([Si](CC)(C(C)C)C(C)C)c2)c(C)c1. The summed E-state index contributed by atoms with van der Waals surface area (Å²) < 4.78 is 0. The van der Waals surface area contributed by atoms with E-state index in [1.54, 1.807) is 5.19 Å². The van der Waals surface area contributed by atoms with Crippen LogP contribution in [0.5, 0.6) is 0 Å². The maximum atomic E-state index is 4.47. The van der Waals surface area contributed by atoms with Gasteiger partial charge in [-0.05, 0) is 50.3 Å². The fraction of sp³-hybridized carbons (Fsp3) is 0.316. The lowest BCUT2D eigenvalue weighted by Crippen LogP contribution is -2.66. The molecule has 0 aromatic heterocycles. The Hall–Kier alpha value is -2.73. The zero-order chi connectivity index (χ0) is 29.9. The molecule has 0 aliphatic heterocycles. The molecule has 1 unspecified atom stereocenters. The van der Waals surface area contributed by atoms with E-state index in [0.29, 0.717) is 11.1 Å². The monoisotopic (exact) mass is 589 g/mol. The molecule has 0 saturated heterocycles. The average molecular weight is 590 g/mol. The average Bonchev–Trinajstić information content (AvgIpc) is 2.97. The lowest BCUT2D eigenvalue weighted by molar-refractivity contribution is 0.896. The minimum atomic E-state index is -2.31. The number of rotatable bonds is 10. The van der Waals surface area contributed by atoms with Crippen molar-refractivity contribution in [3.8, 4) is 0 Å². The Morgan fingerprint density at radius 2 is 1.32 bits per heavy atom. The summed E-state index contributed by atoms with van der Waals surface area (Å²) in [6, 6.07) is 38.6. The molecule has 3 heteroatoms. The minimum absolute atomic E-state index is 0.487. The molecule has 0 heterocycles. The van der Waals surface area contributed by atoms with Crippen molar-refractivity contribution < 1.29 is 0 Å². The van der Waals surface area contributed by atoms with E-state index in [2.05, 4.69) is 165 Å². The maximum absolute atomic E-state index is 4.47. The highest BCUT2D eigenvalue weighted by Crippen LogP contribution is 2.35. The van der Waals surface area contributed by atoms with Gasteiger partial charge in [0.05, 0.1) is 16.9 Å². The predicted octanol–water partition coefficient (Wildman–Crippen LogP) is 7.61. The summed E-state index contributed by atoms with van der Waals surface area (Å²) in [4.78, 5) is 0. The van der Waals surface area contributed by atoms with Gasteiger partial charge in [-0.1, -0.05) is 180 Å². The molecule has 0 nitrogen and oxygen atoms in total. The van der Waals surface area contributed by atoms with Crippen molar-refractivity contribution in [1.82, 2.24) is 0 Å². The Bertz CT molecular complexity index is 1470. The van der Waals surface area contributed by atoms with Crippen LogP contribution in [0.15, 0.2) is 104 Å². The number of hydrogen-bond acceptors (Lipinski definition) is 0. The fourth-order valence-corrected chi connectivity index (χ4v) is 17.8. The highest BCUT2D eigenvalue weighted by Gasteiger charge is 2.42. The zero-order valence-corrected chi connectivity index (χ0v) is 29.8. The van der Waals surface area contributed by atoms with Gasteiger partial charge in [0.1, 0.15) is 8.07 Å². The third-order valence-electron chi connectivity index (χ3n) is 9.90. The van der Waals surface area contributed by atoms with Crippen LogP contribution in [-0.2, 0) is 0 Å². The molecule has 0 spiro atoms. The van der Waals surface area contributed by atoms with Gasteiger partial charge in [0, 0.05) is 0 Å². The molecule has 4 aromatic rings. The standard InChI is InChI=1S/C38H49Si3/c1-11-41(28(2)3,29(4)5)37-19-15-18-36(27-37)40(10,35-23-21-34(22-24-35)39(8)9)38-25-20-33(26-30(38)6)31(7)32-16-13-12-14-17-32/h12-29H,7,11H2,1-6,8-10H3. The second-order valence-electron chi connectivity index (χ2n) is 12.9. The highest BCUT2D eigenvalue weighted by atomic mass is 28.3. The van der Waals surface area contributed by atoms with Crippen LogP contribution in [0.3, 0.4) is 0 Å². The van der Waals surface area contributed by atoms with E-state index in [0.717, 1.165) is 5.57 Å². The predicted molar refractivity (Wildman–Crippen MR) is 192 cm³/mol. The van der Waals surface area contributed by atoms with Gasteiger partial charge in [0.15, 0.2) is 0 Å². The van der Waals surface area contributed by atoms with Gasteiger partial charge in [0.2, 0.25) is 0 Å². The van der Waals surface area contributed by atoms with Crippen molar-refractivity contribution in [2.75, 3.05) is 0 Å². The van der Waals surface area contributed by atoms with Crippen molar-refractivity contribution >= 4 is 56.5 Å². The van der Waals surface area contributed by atoms with Gasteiger partial charge >= 0.3 is 0 Å². The minimum Gasteiger partial charge on any atom is -0.0906 e. The van der Waals surface area contributed by atoms with E-state index in [9.17, 15) is 0 Å². The molecule has 0 N–H and O–H groups in total. The quantitative estimate of drug-likeness (QED) is 0.132. The van der Waals surface area contributed by atoms with E-state index >= 15 is 0 Å². The molecular formula is C38H49Si3. The first-order valence-electron chi connectivity index (χ1n) is 15.3. The first-order chi connectivity index (χ1) is 19.5. The molecule has 0 fully saturated rings. The van der Waals surface area contributed by atoms with Gasteiger partial charge in [-0.2, -0.15) is 0 Å². The van der Waals surface area contributed by atoms with Crippen LogP contribution in [0.1, 0.15) is 51.3 Å². The van der Waals surface area contributed by atoms with Crippen LogP contribution in [0.4, 0.5) is 0 Å². The summed E-state index contributed by atoms with van der Waals surface area (Å²) in [5, 5.41) is 7.68. The van der Waals surface area contributed by atoms with Crippen molar-refractivity contribution in [3.63, 3.8) is 0 Å². The summed E-state index contributed by atoms with van der Waals surface area (Å²) in [5.41, 5.74) is 6.25. The molecule has 41 heavy (non-hydrogen) atoms. The Balaban J connectivity index is 1.93. The first kappa shape index (κ1) is 31.2. The number of aryl methyl sites for hydroxylation is 1. The summed E-state index contributed by atoms with van der Waals surface area (Å²) in [5.74, 6) is 0. The molecular weight excluding hydrogens is 541 g/mol. The van der Waals surface area contributed by atoms with E-state index < -0.39 is 24.9 Å². The second-order valence-corrected chi connectivity index (χ2v) is 25.1. The Kier molecular flexibility index (Phi) is 9.63. The number of benzene rings is 4. The van der Waals surface area contributed by atoms with Crippen LogP contribution < -0.4 is 25.9 Å². The zero-order valence-electron chi connectivity index (χ0n) is 26.8. The van der Waals surface area contributed by atoms with Crippen LogP contribution in [0, 0.1) is 6.92 Å². The smallest absolute Gasteiger partial charge is 0.0906 e. The Labute approximate surface area is 254 Å². The molecule has 0 bridgehead atoms. The van der Waals surface area contributed by atoms with Crippen molar-refractivity contribution in [1.29, 1.82) is 0 Å². The molecule has 4 rings (SSSR count). The van der Waals surface area contributed by atoms with Crippen LogP contribution >= 0.6 is 0 Å². The molecule has 213 valence electrons. The van der Waals surface area contributed by atoms with Crippen LogP contribution in [0.25, 0.3) is 5.57 Å². The molecule has 0 saturated carbocycles. The van der Waals surface area contributed by atoms with Crippen molar-refractivity contribution in [2.24, 2.45) is 0 Å². The van der Waals surface area contributed by atoms with Gasteiger partial charge in [-0.15, -0.1) is 0 Å². The summed E-state index contributed by atoms with van der Waals surface area (Å²) in [7, 11) is -4.49. The lowest BCUT2D eigenvalue weighted by atomic mass is 9.98. The van der Waals surface area contributed by atoms with E-state index in [1.165, 1.54) is 43.5 Å². The van der Waals surface area contributed by atoms with E-state index in [1.807, 2.05) is 0 Å². The van der Waals surface area contributed by atoms with Gasteiger partial charge in [-0.25, -0.2) is 0 Å². The molecule has 1 radical (unpaired) electrons. The Morgan fingerprint density at radius 1 is 0.707 bits per heavy atom. The topological polar surface area (TPSA) is 0 Å². The molecule has 0 amide bonds. The third-order valence-corrected chi connectivity index (χ3v) is 22.7. The van der Waals surface area contributed by atoms with E-state index in [-0.39, 0.29) is 0 Å². The normalized spacial score (nSPS) is 13.6. The van der Waals surface area contributed by atoms with Gasteiger partial charge in [0.25, 0.3) is 0 Å². The maximum Gasteiger partial charge on any atom is 0.145 e. The molecule has 4 aromatic carbocycles. The molecule has 0 aliphatic carbocycles. The third kappa shape index (κ3) is 5.82. The summed E-state index contributed by atoms with van der Waals surface area (Å²) in [6.45, 7) is 26.4. The van der Waals surface area contributed by atoms with Crippen molar-refractivity contribution in [3.05, 3.63) is 120 Å². The van der Waals surface area contributed by atoms with Crippen molar-refractivity contribution in [2.45, 2.75) is 78.3 Å². The summed E-state index contributed by atoms with van der Waals surface area (Å²) in [6.07, 6.45) is 0. The molecule has 1 atom stereocenters. The first-order valence-corrected chi connectivity index (χ1v) is 22.7. The van der Waals surface area contributed by atoms with Crippen LogP contribution in [0.2, 0.25) is 36.8 Å². The largest absolute Gasteiger partial charge is 0.145 e. The number of hydrogen-bond donors (Lipinski definition) is 0.